The Kier molecular flexibility index (Phi) is 3.72. The van der Waals surface area contributed by atoms with Crippen LogP contribution in [0.2, 0.25) is 0 Å². The molecule has 15 heavy (non-hydrogen) atoms. The van der Waals surface area contributed by atoms with E-state index < -0.39 is 0 Å². The lowest BCUT2D eigenvalue weighted by molar-refractivity contribution is -0.0253. The summed E-state index contributed by atoms with van der Waals surface area (Å²) in [6.07, 6.45) is 6.02. The van der Waals surface area contributed by atoms with E-state index in [2.05, 4.69) is 27.0 Å². The summed E-state index contributed by atoms with van der Waals surface area (Å²) in [5, 5.41) is 0. The van der Waals surface area contributed by atoms with Crippen molar-refractivity contribution >= 4 is 15.9 Å². The summed E-state index contributed by atoms with van der Waals surface area (Å²) in [6.45, 7) is 1.50. The Balaban J connectivity index is 2.20. The highest BCUT2D eigenvalue weighted by molar-refractivity contribution is 9.10. The maximum Gasteiger partial charge on any atom is 0.0880 e. The molecule has 1 aliphatic rings. The maximum atomic E-state index is 5.78. The predicted octanol–water partition coefficient (Wildman–Crippen LogP) is 2.27. The number of nitrogens with zero attached hydrogens (tertiary/aromatic N) is 1. The zero-order valence-corrected chi connectivity index (χ0v) is 10.1. The van der Waals surface area contributed by atoms with Crippen molar-refractivity contribution in [2.75, 3.05) is 13.2 Å². The largest absolute Gasteiger partial charge is 0.373 e. The van der Waals surface area contributed by atoms with Crippen LogP contribution in [-0.2, 0) is 4.74 Å². The molecule has 82 valence electrons. The van der Waals surface area contributed by atoms with Crippen LogP contribution in [0, 0.1) is 5.92 Å². The standard InChI is InChI=1S/C11H15BrN2O/c12-10-4-9(6-14-7-10)11-8(5-13)2-1-3-15-11/h4,6-8,11H,1-3,5,13H2. The van der Waals surface area contributed by atoms with Crippen molar-refractivity contribution in [1.29, 1.82) is 0 Å². The quantitative estimate of drug-likeness (QED) is 0.897. The first kappa shape index (κ1) is 11.0. The zero-order valence-electron chi connectivity index (χ0n) is 8.53. The highest BCUT2D eigenvalue weighted by Gasteiger charge is 2.26. The number of rotatable bonds is 2. The van der Waals surface area contributed by atoms with Crippen molar-refractivity contribution < 1.29 is 4.74 Å². The zero-order chi connectivity index (χ0) is 10.7. The first-order chi connectivity index (χ1) is 7.31. The van der Waals surface area contributed by atoms with Gasteiger partial charge >= 0.3 is 0 Å². The van der Waals surface area contributed by atoms with Crippen LogP contribution in [-0.4, -0.2) is 18.1 Å². The number of hydrogen-bond donors (Lipinski definition) is 1. The van der Waals surface area contributed by atoms with E-state index in [9.17, 15) is 0 Å². The van der Waals surface area contributed by atoms with Gasteiger partial charge in [-0.15, -0.1) is 0 Å². The summed E-state index contributed by atoms with van der Waals surface area (Å²) >= 11 is 3.42. The van der Waals surface area contributed by atoms with Crippen LogP contribution < -0.4 is 5.73 Å². The molecule has 2 rings (SSSR count). The molecule has 2 N–H and O–H groups in total. The lowest BCUT2D eigenvalue weighted by atomic mass is 9.90. The summed E-state index contributed by atoms with van der Waals surface area (Å²) in [6, 6.07) is 2.06. The smallest absolute Gasteiger partial charge is 0.0880 e. The molecule has 1 aromatic heterocycles. The van der Waals surface area contributed by atoms with Gasteiger partial charge in [-0.1, -0.05) is 0 Å². The van der Waals surface area contributed by atoms with Gasteiger partial charge in [0.05, 0.1) is 6.10 Å². The predicted molar refractivity (Wildman–Crippen MR) is 62.4 cm³/mol. The second kappa shape index (κ2) is 5.05. The van der Waals surface area contributed by atoms with Crippen molar-refractivity contribution in [3.05, 3.63) is 28.5 Å². The fraction of sp³-hybridized carbons (Fsp3) is 0.545. The molecule has 0 saturated carbocycles. The molecule has 2 atom stereocenters. The maximum absolute atomic E-state index is 5.78. The van der Waals surface area contributed by atoms with Crippen LogP contribution in [0.1, 0.15) is 24.5 Å². The molecule has 1 fully saturated rings. The molecule has 0 spiro atoms. The summed E-state index contributed by atoms with van der Waals surface area (Å²) < 4.78 is 6.77. The van der Waals surface area contributed by atoms with Crippen LogP contribution in [0.25, 0.3) is 0 Å². The average Bonchev–Trinajstić information content (AvgIpc) is 2.29. The van der Waals surface area contributed by atoms with Gasteiger partial charge in [0.25, 0.3) is 0 Å². The minimum atomic E-state index is 0.119. The minimum Gasteiger partial charge on any atom is -0.373 e. The molecule has 4 heteroatoms. The van der Waals surface area contributed by atoms with Gasteiger partial charge in [-0.05, 0) is 41.4 Å². The number of halogens is 1. The van der Waals surface area contributed by atoms with E-state index in [-0.39, 0.29) is 6.10 Å². The average molecular weight is 271 g/mol. The van der Waals surface area contributed by atoms with Crippen LogP contribution in [0.5, 0.6) is 0 Å². The van der Waals surface area contributed by atoms with Gasteiger partial charge < -0.3 is 10.5 Å². The van der Waals surface area contributed by atoms with Gasteiger partial charge in [0.15, 0.2) is 0 Å². The van der Waals surface area contributed by atoms with E-state index in [0.717, 1.165) is 29.5 Å². The Morgan fingerprint density at radius 1 is 1.53 bits per heavy atom. The lowest BCUT2D eigenvalue weighted by Crippen LogP contribution is -2.28. The minimum absolute atomic E-state index is 0.119. The molecule has 1 aliphatic heterocycles. The summed E-state index contributed by atoms with van der Waals surface area (Å²) in [7, 11) is 0. The van der Waals surface area contributed by atoms with Gasteiger partial charge in [0, 0.05) is 35.0 Å². The third-order valence-corrected chi connectivity index (χ3v) is 3.24. The Bertz CT molecular complexity index is 332. The van der Waals surface area contributed by atoms with E-state index in [4.69, 9.17) is 10.5 Å². The lowest BCUT2D eigenvalue weighted by Gasteiger charge is -2.31. The fourth-order valence-corrected chi connectivity index (χ4v) is 2.42. The fourth-order valence-electron chi connectivity index (χ4n) is 2.04. The third kappa shape index (κ3) is 2.56. The third-order valence-electron chi connectivity index (χ3n) is 2.80. The number of pyridine rings is 1. The number of hydrogen-bond acceptors (Lipinski definition) is 3. The van der Waals surface area contributed by atoms with Crippen LogP contribution in [0.15, 0.2) is 22.9 Å². The van der Waals surface area contributed by atoms with Crippen LogP contribution >= 0.6 is 15.9 Å². The molecule has 3 nitrogen and oxygen atoms in total. The SMILES string of the molecule is NCC1CCCOC1c1cncc(Br)c1. The van der Waals surface area contributed by atoms with Gasteiger partial charge in [-0.2, -0.15) is 0 Å². The molecular weight excluding hydrogens is 256 g/mol. The normalized spacial score (nSPS) is 26.5. The molecule has 1 aromatic rings. The monoisotopic (exact) mass is 270 g/mol. The molecule has 0 amide bonds. The molecule has 0 aromatic carbocycles. The molecule has 2 unspecified atom stereocenters. The summed E-state index contributed by atoms with van der Waals surface area (Å²) in [5.41, 5.74) is 6.88. The second-order valence-electron chi connectivity index (χ2n) is 3.87. The van der Waals surface area contributed by atoms with Gasteiger partial charge in [0.1, 0.15) is 0 Å². The summed E-state index contributed by atoms with van der Waals surface area (Å²) in [4.78, 5) is 4.16. The molecule has 2 heterocycles. The molecule has 0 radical (unpaired) electrons. The first-order valence-electron chi connectivity index (χ1n) is 5.23. The topological polar surface area (TPSA) is 48.1 Å². The van der Waals surface area contributed by atoms with Crippen LogP contribution in [0.4, 0.5) is 0 Å². The van der Waals surface area contributed by atoms with Crippen LogP contribution in [0.3, 0.4) is 0 Å². The van der Waals surface area contributed by atoms with E-state index in [1.54, 1.807) is 6.20 Å². The number of nitrogens with two attached hydrogens (primary N) is 1. The van der Waals surface area contributed by atoms with Crippen molar-refractivity contribution in [2.24, 2.45) is 11.7 Å². The van der Waals surface area contributed by atoms with E-state index in [1.807, 2.05) is 6.20 Å². The van der Waals surface area contributed by atoms with Crippen molar-refractivity contribution in [1.82, 2.24) is 4.98 Å². The van der Waals surface area contributed by atoms with E-state index >= 15 is 0 Å². The summed E-state index contributed by atoms with van der Waals surface area (Å²) in [5.74, 6) is 0.426. The number of ether oxygens (including phenoxy) is 1. The molecule has 0 bridgehead atoms. The van der Waals surface area contributed by atoms with E-state index in [0.29, 0.717) is 12.5 Å². The Labute approximate surface area is 98.2 Å². The Hall–Kier alpha value is -0.450. The van der Waals surface area contributed by atoms with Crippen molar-refractivity contribution in [3.8, 4) is 0 Å². The second-order valence-corrected chi connectivity index (χ2v) is 4.78. The Morgan fingerprint density at radius 2 is 2.40 bits per heavy atom. The molecule has 1 saturated heterocycles. The number of aromatic nitrogens is 1. The first-order valence-corrected chi connectivity index (χ1v) is 6.02. The Morgan fingerprint density at radius 3 is 3.13 bits per heavy atom. The van der Waals surface area contributed by atoms with Gasteiger partial charge in [0.2, 0.25) is 0 Å². The van der Waals surface area contributed by atoms with Gasteiger partial charge in [-0.3, -0.25) is 4.98 Å². The highest BCUT2D eigenvalue weighted by Crippen LogP contribution is 2.33. The molecular formula is C11H15BrN2O. The molecule has 0 aliphatic carbocycles. The highest BCUT2D eigenvalue weighted by atomic mass is 79.9. The van der Waals surface area contributed by atoms with E-state index in [1.165, 1.54) is 0 Å². The van der Waals surface area contributed by atoms with Crippen molar-refractivity contribution in [2.45, 2.75) is 18.9 Å². The van der Waals surface area contributed by atoms with Crippen molar-refractivity contribution in [3.63, 3.8) is 0 Å². The van der Waals surface area contributed by atoms with Gasteiger partial charge in [-0.25, -0.2) is 0 Å².